The molecule has 5 rings (SSSR count). The summed E-state index contributed by atoms with van der Waals surface area (Å²) in [6.45, 7) is 13.5. The van der Waals surface area contributed by atoms with Crippen molar-refractivity contribution in [3.05, 3.63) is 142 Å². The molecule has 0 unspecified atom stereocenters. The minimum Gasteiger partial charge on any atom is -0.289 e. The van der Waals surface area contributed by atoms with Gasteiger partial charge >= 0.3 is 0 Å². The minimum atomic E-state index is 0.0800. The first-order valence-corrected chi connectivity index (χ1v) is 12.8. The summed E-state index contributed by atoms with van der Waals surface area (Å²) >= 11 is 0. The zero-order chi connectivity index (χ0) is 25.7. The van der Waals surface area contributed by atoms with Crippen LogP contribution in [0.15, 0.2) is 97.1 Å². The Morgan fingerprint density at radius 1 is 0.472 bits per heavy atom. The first-order chi connectivity index (χ1) is 17.1. The number of hydrogen-bond acceptors (Lipinski definition) is 1. The second-order valence-corrected chi connectivity index (χ2v) is 11.8. The highest BCUT2D eigenvalue weighted by Gasteiger charge is 2.29. The van der Waals surface area contributed by atoms with Crippen LogP contribution >= 0.6 is 0 Å². The molecular formula is C35H34O. The van der Waals surface area contributed by atoms with Crippen LogP contribution in [0, 0.1) is 0 Å². The molecule has 0 radical (unpaired) electrons. The van der Waals surface area contributed by atoms with E-state index in [0.29, 0.717) is 0 Å². The highest BCUT2D eigenvalue weighted by molar-refractivity contribution is 6.22. The van der Waals surface area contributed by atoms with Crippen LogP contribution in [0.5, 0.6) is 0 Å². The van der Waals surface area contributed by atoms with E-state index in [9.17, 15) is 4.79 Å². The van der Waals surface area contributed by atoms with Gasteiger partial charge in [-0.3, -0.25) is 4.79 Å². The normalized spacial score (nSPS) is 13.3. The van der Waals surface area contributed by atoms with E-state index in [0.717, 1.165) is 44.5 Å². The first-order valence-electron chi connectivity index (χ1n) is 12.8. The van der Waals surface area contributed by atoms with Crippen LogP contribution in [0.4, 0.5) is 0 Å². The molecule has 0 aromatic heterocycles. The SMILES string of the molecule is CC(C)(C)c1ccc(C(=C2c3ccccc3C(=O)c3ccccc32)c2ccc(C(C)(C)C)cc2)cc1. The molecule has 1 nitrogen and oxygen atoms in total. The molecule has 0 heterocycles. The van der Waals surface area contributed by atoms with Crippen LogP contribution in [0.25, 0.3) is 11.1 Å². The molecule has 0 spiro atoms. The summed E-state index contributed by atoms with van der Waals surface area (Å²) in [4.78, 5) is 13.4. The molecule has 0 atom stereocenters. The van der Waals surface area contributed by atoms with Crippen LogP contribution in [-0.4, -0.2) is 5.78 Å². The van der Waals surface area contributed by atoms with Gasteiger partial charge in [-0.2, -0.15) is 0 Å². The third kappa shape index (κ3) is 4.24. The fourth-order valence-electron chi connectivity index (χ4n) is 5.09. The maximum absolute atomic E-state index is 13.4. The zero-order valence-corrected chi connectivity index (χ0v) is 22.1. The molecule has 1 heteroatoms. The van der Waals surface area contributed by atoms with E-state index in [-0.39, 0.29) is 16.6 Å². The lowest BCUT2D eigenvalue weighted by molar-refractivity contribution is 0.103. The Kier molecular flexibility index (Phi) is 5.83. The van der Waals surface area contributed by atoms with E-state index in [1.54, 1.807) is 0 Å². The van der Waals surface area contributed by atoms with Crippen molar-refractivity contribution in [3.63, 3.8) is 0 Å². The van der Waals surface area contributed by atoms with Crippen molar-refractivity contribution in [2.45, 2.75) is 52.4 Å². The van der Waals surface area contributed by atoms with E-state index in [1.165, 1.54) is 11.1 Å². The summed E-state index contributed by atoms with van der Waals surface area (Å²) in [5, 5.41) is 0. The number of benzene rings is 4. The maximum Gasteiger partial charge on any atom is 0.194 e. The molecule has 1 aliphatic carbocycles. The average molecular weight is 471 g/mol. The molecule has 0 N–H and O–H groups in total. The monoisotopic (exact) mass is 470 g/mol. The van der Waals surface area contributed by atoms with Gasteiger partial charge in [-0.05, 0) is 55.4 Å². The summed E-state index contributed by atoms with van der Waals surface area (Å²) in [7, 11) is 0. The van der Waals surface area contributed by atoms with E-state index in [1.807, 2.05) is 36.4 Å². The number of hydrogen-bond donors (Lipinski definition) is 0. The molecule has 4 aromatic rings. The number of fused-ring (bicyclic) bond motifs is 2. The molecule has 0 amide bonds. The fourth-order valence-corrected chi connectivity index (χ4v) is 5.09. The molecule has 0 aliphatic heterocycles. The highest BCUT2D eigenvalue weighted by Crippen LogP contribution is 2.43. The van der Waals surface area contributed by atoms with Crippen molar-refractivity contribution < 1.29 is 4.79 Å². The number of carbonyl (C=O) groups excluding carboxylic acids is 1. The largest absolute Gasteiger partial charge is 0.289 e. The molecule has 0 saturated heterocycles. The summed E-state index contributed by atoms with van der Waals surface area (Å²) < 4.78 is 0. The predicted octanol–water partition coefficient (Wildman–Crippen LogP) is 8.83. The van der Waals surface area contributed by atoms with Crippen LogP contribution in [0.3, 0.4) is 0 Å². The van der Waals surface area contributed by atoms with Gasteiger partial charge in [0.25, 0.3) is 0 Å². The Morgan fingerprint density at radius 3 is 1.14 bits per heavy atom. The Hall–Kier alpha value is -3.71. The number of rotatable bonds is 2. The van der Waals surface area contributed by atoms with Crippen molar-refractivity contribution in [1.82, 2.24) is 0 Å². The van der Waals surface area contributed by atoms with Crippen LogP contribution in [0.1, 0.15) is 90.8 Å². The van der Waals surface area contributed by atoms with Gasteiger partial charge in [0.2, 0.25) is 0 Å². The fraction of sp³-hybridized carbons (Fsp3) is 0.229. The van der Waals surface area contributed by atoms with Crippen molar-refractivity contribution in [2.24, 2.45) is 0 Å². The maximum atomic E-state index is 13.4. The Labute approximate surface area is 215 Å². The molecule has 180 valence electrons. The van der Waals surface area contributed by atoms with Gasteiger partial charge in [0.05, 0.1) is 0 Å². The summed E-state index contributed by atoms with van der Waals surface area (Å²) in [5.74, 6) is 0.0930. The van der Waals surface area contributed by atoms with E-state index in [4.69, 9.17) is 0 Å². The van der Waals surface area contributed by atoms with Gasteiger partial charge in [0.1, 0.15) is 0 Å². The summed E-state index contributed by atoms with van der Waals surface area (Å²) in [6, 6.07) is 34.0. The molecule has 4 aromatic carbocycles. The molecule has 0 fully saturated rings. The molecule has 0 saturated carbocycles. The molecule has 0 bridgehead atoms. The standard InChI is InChI=1S/C35H34O/c1-34(2,3)25-19-15-23(16-20-25)31(24-17-21-26(22-18-24)35(4,5)6)32-27-11-7-9-13-29(27)33(36)30-14-10-8-12-28(30)32/h7-22H,1-6H3. The van der Waals surface area contributed by atoms with Gasteiger partial charge in [0.15, 0.2) is 5.78 Å². The van der Waals surface area contributed by atoms with Crippen molar-refractivity contribution in [3.8, 4) is 0 Å². The summed E-state index contributed by atoms with van der Waals surface area (Å²) in [5.41, 5.74) is 10.9. The van der Waals surface area contributed by atoms with E-state index >= 15 is 0 Å². The van der Waals surface area contributed by atoms with Gasteiger partial charge in [-0.1, -0.05) is 139 Å². The minimum absolute atomic E-state index is 0.0800. The predicted molar refractivity (Wildman–Crippen MR) is 152 cm³/mol. The first kappa shape index (κ1) is 24.0. The second kappa shape index (κ2) is 8.75. The topological polar surface area (TPSA) is 17.1 Å². The quantitative estimate of drug-likeness (QED) is 0.252. The van der Waals surface area contributed by atoms with Gasteiger partial charge < -0.3 is 0 Å². The van der Waals surface area contributed by atoms with Crippen LogP contribution in [0.2, 0.25) is 0 Å². The Morgan fingerprint density at radius 2 is 0.806 bits per heavy atom. The lowest BCUT2D eigenvalue weighted by Gasteiger charge is -2.26. The van der Waals surface area contributed by atoms with Gasteiger partial charge in [-0.25, -0.2) is 0 Å². The second-order valence-electron chi connectivity index (χ2n) is 11.8. The van der Waals surface area contributed by atoms with Crippen molar-refractivity contribution in [2.75, 3.05) is 0 Å². The van der Waals surface area contributed by atoms with Gasteiger partial charge in [-0.15, -0.1) is 0 Å². The average Bonchev–Trinajstić information content (AvgIpc) is 2.86. The zero-order valence-electron chi connectivity index (χ0n) is 22.1. The smallest absolute Gasteiger partial charge is 0.194 e. The number of carbonyl (C=O) groups is 1. The van der Waals surface area contributed by atoms with E-state index < -0.39 is 0 Å². The highest BCUT2D eigenvalue weighted by atomic mass is 16.1. The van der Waals surface area contributed by atoms with Crippen molar-refractivity contribution >= 4 is 16.9 Å². The molecule has 1 aliphatic rings. The van der Waals surface area contributed by atoms with Crippen LogP contribution in [-0.2, 0) is 10.8 Å². The third-order valence-corrected chi connectivity index (χ3v) is 7.21. The lowest BCUT2D eigenvalue weighted by Crippen LogP contribution is -2.16. The number of ketones is 1. The lowest BCUT2D eigenvalue weighted by atomic mass is 9.76. The molecule has 36 heavy (non-hydrogen) atoms. The van der Waals surface area contributed by atoms with E-state index in [2.05, 4.69) is 102 Å². The Bertz CT molecular complexity index is 1360. The van der Waals surface area contributed by atoms with Crippen molar-refractivity contribution in [1.29, 1.82) is 0 Å². The van der Waals surface area contributed by atoms with Crippen LogP contribution < -0.4 is 0 Å². The third-order valence-electron chi connectivity index (χ3n) is 7.21. The molecular weight excluding hydrogens is 436 g/mol. The van der Waals surface area contributed by atoms with Gasteiger partial charge in [0, 0.05) is 11.1 Å². The summed E-state index contributed by atoms with van der Waals surface area (Å²) in [6.07, 6.45) is 0. The Balaban J connectivity index is 1.85.